The molecule has 64 valence electrons. The van der Waals surface area contributed by atoms with Crippen LogP contribution in [0.3, 0.4) is 0 Å². The van der Waals surface area contributed by atoms with Crippen molar-refractivity contribution >= 4 is 11.9 Å². The summed E-state index contributed by atoms with van der Waals surface area (Å²) in [6.45, 7) is 0. The molecule has 0 aliphatic heterocycles. The lowest BCUT2D eigenvalue weighted by Crippen LogP contribution is -1.90. The lowest BCUT2D eigenvalue weighted by Gasteiger charge is -2.00. The third-order valence-corrected chi connectivity index (χ3v) is 1.60. The molecule has 3 heteroatoms. The quantitative estimate of drug-likeness (QED) is 0.392. The van der Waals surface area contributed by atoms with Crippen molar-refractivity contribution in [3.63, 3.8) is 0 Å². The molecule has 0 aliphatic carbocycles. The Morgan fingerprint density at radius 1 is 1.58 bits per heavy atom. The van der Waals surface area contributed by atoms with Crippen molar-refractivity contribution in [2.75, 3.05) is 12.8 Å². The molecule has 0 atom stereocenters. The summed E-state index contributed by atoms with van der Waals surface area (Å²) >= 11 is 0. The average Bonchev–Trinajstić information content (AvgIpc) is 2.07. The maximum absolute atomic E-state index is 9.11. The molecule has 0 amide bonds. The number of hydrogen-bond donors (Lipinski definition) is 2. The second kappa shape index (κ2) is 3.76. The van der Waals surface area contributed by atoms with Gasteiger partial charge in [-0.1, -0.05) is 6.07 Å². The van der Waals surface area contributed by atoms with E-state index in [0.717, 1.165) is 12.0 Å². The van der Waals surface area contributed by atoms with E-state index in [9.17, 15) is 0 Å². The number of phenols is 1. The monoisotopic (exact) mass is 164 g/mol. The fourth-order valence-corrected chi connectivity index (χ4v) is 0.928. The number of rotatable bonds is 2. The second-order valence-corrected chi connectivity index (χ2v) is 2.54. The van der Waals surface area contributed by atoms with E-state index in [0.29, 0.717) is 5.69 Å². The zero-order chi connectivity index (χ0) is 8.97. The molecule has 0 unspecified atom stereocenters. The van der Waals surface area contributed by atoms with Crippen LogP contribution in [-0.2, 0) is 6.42 Å². The predicted molar refractivity (Wildman–Crippen MR) is 50.6 cm³/mol. The van der Waals surface area contributed by atoms with E-state index in [-0.39, 0.29) is 5.75 Å². The van der Waals surface area contributed by atoms with E-state index in [1.165, 1.54) is 0 Å². The van der Waals surface area contributed by atoms with Gasteiger partial charge in [-0.05, 0) is 17.7 Å². The van der Waals surface area contributed by atoms with Crippen molar-refractivity contribution in [1.82, 2.24) is 0 Å². The Labute approximate surface area is 71.6 Å². The third kappa shape index (κ3) is 1.99. The van der Waals surface area contributed by atoms with Crippen molar-refractivity contribution in [2.24, 2.45) is 4.99 Å². The summed E-state index contributed by atoms with van der Waals surface area (Å²) in [5, 5.41) is 9.11. The van der Waals surface area contributed by atoms with Gasteiger partial charge in [0.1, 0.15) is 5.75 Å². The summed E-state index contributed by atoms with van der Waals surface area (Å²) in [7, 11) is 1.73. The first-order valence-corrected chi connectivity index (χ1v) is 3.72. The van der Waals surface area contributed by atoms with E-state index in [1.54, 1.807) is 25.4 Å². The van der Waals surface area contributed by atoms with E-state index in [1.807, 2.05) is 6.07 Å². The predicted octanol–water partition coefficient (Wildman–Crippen LogP) is 1.22. The number of nitrogens with two attached hydrogens (primary N) is 1. The number of nitrogen functional groups attached to an aromatic ring is 1. The molecule has 0 radical (unpaired) electrons. The highest BCUT2D eigenvalue weighted by Crippen LogP contribution is 2.20. The maximum Gasteiger partial charge on any atom is 0.138 e. The Hall–Kier alpha value is -1.51. The molecule has 1 aromatic carbocycles. The SMILES string of the molecule is CN=CCc1ccc(O)c(N)c1. The standard InChI is InChI=1S/C9H12N2O/c1-11-5-4-7-2-3-9(12)8(10)6-7/h2-3,5-6,12H,4,10H2,1H3. The normalized spacial score (nSPS) is 10.8. The number of hydrogen-bond acceptors (Lipinski definition) is 3. The van der Waals surface area contributed by atoms with Gasteiger partial charge in [0.15, 0.2) is 0 Å². The molecule has 3 nitrogen and oxygen atoms in total. The van der Waals surface area contributed by atoms with Gasteiger partial charge < -0.3 is 15.8 Å². The van der Waals surface area contributed by atoms with Crippen LogP contribution >= 0.6 is 0 Å². The molecule has 3 N–H and O–H groups in total. The van der Waals surface area contributed by atoms with Crippen LogP contribution in [0.2, 0.25) is 0 Å². The van der Waals surface area contributed by atoms with Gasteiger partial charge in [0.25, 0.3) is 0 Å². The average molecular weight is 164 g/mol. The Balaban J connectivity index is 2.82. The zero-order valence-corrected chi connectivity index (χ0v) is 6.99. The molecule has 0 spiro atoms. The summed E-state index contributed by atoms with van der Waals surface area (Å²) in [4.78, 5) is 3.85. The molecule has 1 aromatic rings. The first kappa shape index (κ1) is 8.59. The fraction of sp³-hybridized carbons (Fsp3) is 0.222. The van der Waals surface area contributed by atoms with Crippen LogP contribution in [0.15, 0.2) is 23.2 Å². The Bertz CT molecular complexity index is 295. The van der Waals surface area contributed by atoms with Gasteiger partial charge in [0.05, 0.1) is 5.69 Å². The van der Waals surface area contributed by atoms with Crippen LogP contribution in [0.5, 0.6) is 5.75 Å². The summed E-state index contributed by atoms with van der Waals surface area (Å²) in [6.07, 6.45) is 2.55. The van der Waals surface area contributed by atoms with Crippen molar-refractivity contribution in [3.8, 4) is 5.75 Å². The summed E-state index contributed by atoms with van der Waals surface area (Å²) in [6, 6.07) is 5.17. The van der Waals surface area contributed by atoms with Gasteiger partial charge >= 0.3 is 0 Å². The number of benzene rings is 1. The molecule has 0 saturated carbocycles. The molecule has 1 rings (SSSR count). The van der Waals surface area contributed by atoms with Crippen LogP contribution in [-0.4, -0.2) is 18.4 Å². The van der Waals surface area contributed by atoms with Gasteiger partial charge in [-0.15, -0.1) is 0 Å². The molecule has 0 aromatic heterocycles. The van der Waals surface area contributed by atoms with Crippen LogP contribution in [0, 0.1) is 0 Å². The first-order valence-electron chi connectivity index (χ1n) is 3.72. The highest BCUT2D eigenvalue weighted by atomic mass is 16.3. The first-order chi connectivity index (χ1) is 5.74. The van der Waals surface area contributed by atoms with Crippen molar-refractivity contribution < 1.29 is 5.11 Å². The molecule has 0 saturated heterocycles. The van der Waals surface area contributed by atoms with Crippen molar-refractivity contribution in [2.45, 2.75) is 6.42 Å². The van der Waals surface area contributed by atoms with Crippen LogP contribution in [0.4, 0.5) is 5.69 Å². The number of aliphatic imine (C=N–C) groups is 1. The van der Waals surface area contributed by atoms with Gasteiger partial charge in [-0.2, -0.15) is 0 Å². The maximum atomic E-state index is 9.11. The Kier molecular flexibility index (Phi) is 2.69. The molecular weight excluding hydrogens is 152 g/mol. The van der Waals surface area contributed by atoms with Crippen molar-refractivity contribution in [1.29, 1.82) is 0 Å². The van der Waals surface area contributed by atoms with Gasteiger partial charge in [0.2, 0.25) is 0 Å². The zero-order valence-electron chi connectivity index (χ0n) is 6.99. The van der Waals surface area contributed by atoms with E-state index < -0.39 is 0 Å². The van der Waals surface area contributed by atoms with Gasteiger partial charge in [-0.3, -0.25) is 0 Å². The van der Waals surface area contributed by atoms with Crippen molar-refractivity contribution in [3.05, 3.63) is 23.8 Å². The Morgan fingerprint density at radius 3 is 2.92 bits per heavy atom. The highest BCUT2D eigenvalue weighted by molar-refractivity contribution is 5.63. The molecule has 0 aliphatic rings. The molecule has 0 bridgehead atoms. The van der Waals surface area contributed by atoms with Crippen LogP contribution in [0.1, 0.15) is 5.56 Å². The largest absolute Gasteiger partial charge is 0.506 e. The highest BCUT2D eigenvalue weighted by Gasteiger charge is 1.96. The number of nitrogens with zero attached hydrogens (tertiary/aromatic N) is 1. The summed E-state index contributed by atoms with van der Waals surface area (Å²) < 4.78 is 0. The van der Waals surface area contributed by atoms with Gasteiger partial charge in [0, 0.05) is 19.7 Å². The molecular formula is C9H12N2O. The minimum atomic E-state index is 0.132. The third-order valence-electron chi connectivity index (χ3n) is 1.60. The van der Waals surface area contributed by atoms with Crippen LogP contribution < -0.4 is 5.73 Å². The number of aromatic hydroxyl groups is 1. The summed E-state index contributed by atoms with van der Waals surface area (Å²) in [5.74, 6) is 0.132. The number of phenolic OH excluding ortho intramolecular Hbond substituents is 1. The van der Waals surface area contributed by atoms with E-state index in [4.69, 9.17) is 10.8 Å². The van der Waals surface area contributed by atoms with E-state index >= 15 is 0 Å². The smallest absolute Gasteiger partial charge is 0.138 e. The molecule has 12 heavy (non-hydrogen) atoms. The molecule has 0 fully saturated rings. The van der Waals surface area contributed by atoms with Crippen LogP contribution in [0.25, 0.3) is 0 Å². The lowest BCUT2D eigenvalue weighted by atomic mass is 10.1. The minimum Gasteiger partial charge on any atom is -0.506 e. The minimum absolute atomic E-state index is 0.132. The lowest BCUT2D eigenvalue weighted by molar-refractivity contribution is 0.478. The fourth-order valence-electron chi connectivity index (χ4n) is 0.928. The summed E-state index contributed by atoms with van der Waals surface area (Å²) in [5.41, 5.74) is 6.96. The van der Waals surface area contributed by atoms with Gasteiger partial charge in [-0.25, -0.2) is 0 Å². The van der Waals surface area contributed by atoms with E-state index in [2.05, 4.69) is 4.99 Å². The molecule has 0 heterocycles. The number of anilines is 1. The Morgan fingerprint density at radius 2 is 2.33 bits per heavy atom. The topological polar surface area (TPSA) is 58.6 Å². The second-order valence-electron chi connectivity index (χ2n) is 2.54.